The summed E-state index contributed by atoms with van der Waals surface area (Å²) in [5.74, 6) is 0. The zero-order chi connectivity index (χ0) is 26.6. The minimum atomic E-state index is 0.428. The Hall–Kier alpha value is -5.66. The molecule has 3 aromatic heterocycles. The first-order chi connectivity index (χ1) is 19.8. The Labute approximate surface area is 230 Å². The van der Waals surface area contributed by atoms with Crippen LogP contribution in [0, 0.1) is 11.3 Å². The zero-order valence-electron chi connectivity index (χ0n) is 21.4. The van der Waals surface area contributed by atoms with Crippen LogP contribution in [0.15, 0.2) is 132 Å². The van der Waals surface area contributed by atoms with Crippen LogP contribution >= 0.6 is 0 Å². The van der Waals surface area contributed by atoms with E-state index in [0.717, 1.165) is 60.9 Å². The fraction of sp³-hybridized carbons (Fsp3) is 0. The summed E-state index contributed by atoms with van der Waals surface area (Å²) in [4.78, 5) is 4.25. The highest BCUT2D eigenvalue weighted by Gasteiger charge is 2.18. The molecule has 0 aliphatic rings. The number of benzene rings is 5. The molecule has 3 heterocycles. The molecular formula is C36H21N3O. The van der Waals surface area contributed by atoms with E-state index in [4.69, 9.17) is 4.42 Å². The molecule has 0 N–H and O–H groups in total. The minimum absolute atomic E-state index is 0.428. The van der Waals surface area contributed by atoms with E-state index in [2.05, 4.69) is 101 Å². The first-order valence-corrected chi connectivity index (χ1v) is 13.2. The molecule has 0 radical (unpaired) electrons. The van der Waals surface area contributed by atoms with Crippen LogP contribution in [0.1, 0.15) is 5.69 Å². The van der Waals surface area contributed by atoms with Gasteiger partial charge in [0.15, 0.2) is 0 Å². The van der Waals surface area contributed by atoms with Gasteiger partial charge < -0.3 is 8.98 Å². The molecule has 0 unspecified atom stereocenters. The predicted octanol–water partition coefficient (Wildman–Crippen LogP) is 9.28. The molecule has 0 amide bonds. The Morgan fingerprint density at radius 2 is 1.38 bits per heavy atom. The first-order valence-electron chi connectivity index (χ1n) is 13.2. The summed E-state index contributed by atoms with van der Waals surface area (Å²) in [5.41, 5.74) is 9.58. The molecule has 186 valence electrons. The quantitative estimate of drug-likeness (QED) is 0.237. The van der Waals surface area contributed by atoms with Crippen LogP contribution in [0.25, 0.3) is 71.7 Å². The van der Waals surface area contributed by atoms with Crippen molar-refractivity contribution in [2.45, 2.75) is 0 Å². The molecule has 5 aromatic carbocycles. The standard InChI is InChI=1S/C36H21N3O/c37-22-30-27(14-7-19-38-30)25-10-5-8-23(20-25)24-9-6-11-26(21-24)39-31-15-3-1-12-28(31)35-32(39)17-18-34-36(35)29-13-2-4-16-33(29)40-34/h1-21H. The molecule has 0 saturated heterocycles. The van der Waals surface area contributed by atoms with Gasteiger partial charge in [-0.05, 0) is 71.3 Å². The van der Waals surface area contributed by atoms with Crippen molar-refractivity contribution in [2.24, 2.45) is 0 Å². The number of nitriles is 1. The summed E-state index contributed by atoms with van der Waals surface area (Å²) >= 11 is 0. The maximum Gasteiger partial charge on any atom is 0.148 e. The van der Waals surface area contributed by atoms with Crippen molar-refractivity contribution in [1.82, 2.24) is 9.55 Å². The van der Waals surface area contributed by atoms with Gasteiger partial charge in [0.25, 0.3) is 0 Å². The van der Waals surface area contributed by atoms with Crippen LogP contribution in [-0.2, 0) is 0 Å². The van der Waals surface area contributed by atoms with Gasteiger partial charge in [-0.1, -0.05) is 66.7 Å². The molecule has 8 aromatic rings. The monoisotopic (exact) mass is 511 g/mol. The van der Waals surface area contributed by atoms with Gasteiger partial charge in [-0.15, -0.1) is 0 Å². The fourth-order valence-corrected chi connectivity index (χ4v) is 5.97. The average molecular weight is 512 g/mol. The molecular weight excluding hydrogens is 490 g/mol. The van der Waals surface area contributed by atoms with Crippen LogP contribution in [0.3, 0.4) is 0 Å². The number of hydrogen-bond donors (Lipinski definition) is 0. The largest absolute Gasteiger partial charge is 0.456 e. The van der Waals surface area contributed by atoms with Gasteiger partial charge in [-0.2, -0.15) is 5.26 Å². The van der Waals surface area contributed by atoms with Crippen molar-refractivity contribution in [1.29, 1.82) is 5.26 Å². The summed E-state index contributed by atoms with van der Waals surface area (Å²) in [6.07, 6.45) is 1.65. The second-order valence-electron chi connectivity index (χ2n) is 9.93. The second kappa shape index (κ2) is 8.69. The fourth-order valence-electron chi connectivity index (χ4n) is 5.97. The van der Waals surface area contributed by atoms with E-state index in [9.17, 15) is 5.26 Å². The molecule has 0 aliphatic carbocycles. The third kappa shape index (κ3) is 3.28. The van der Waals surface area contributed by atoms with Gasteiger partial charge in [0.05, 0.1) is 11.0 Å². The van der Waals surface area contributed by atoms with Crippen LogP contribution in [-0.4, -0.2) is 9.55 Å². The molecule has 40 heavy (non-hydrogen) atoms. The Morgan fingerprint density at radius 3 is 2.27 bits per heavy atom. The topological polar surface area (TPSA) is 54.8 Å². The molecule has 4 heteroatoms. The Morgan fingerprint density at radius 1 is 0.600 bits per heavy atom. The third-order valence-corrected chi connectivity index (χ3v) is 7.70. The van der Waals surface area contributed by atoms with E-state index in [0.29, 0.717) is 5.69 Å². The number of hydrogen-bond acceptors (Lipinski definition) is 3. The number of rotatable bonds is 3. The van der Waals surface area contributed by atoms with Crippen LogP contribution < -0.4 is 0 Å². The number of para-hydroxylation sites is 2. The molecule has 4 nitrogen and oxygen atoms in total. The number of pyridine rings is 1. The zero-order valence-corrected chi connectivity index (χ0v) is 21.4. The summed E-state index contributed by atoms with van der Waals surface area (Å²) in [5, 5.41) is 14.2. The van der Waals surface area contributed by atoms with Gasteiger partial charge in [0.2, 0.25) is 0 Å². The molecule has 0 saturated carbocycles. The van der Waals surface area contributed by atoms with Crippen LogP contribution in [0.2, 0.25) is 0 Å². The van der Waals surface area contributed by atoms with Gasteiger partial charge in [-0.3, -0.25) is 0 Å². The minimum Gasteiger partial charge on any atom is -0.456 e. The molecule has 0 fully saturated rings. The Bertz CT molecular complexity index is 2300. The van der Waals surface area contributed by atoms with E-state index < -0.39 is 0 Å². The molecule has 0 spiro atoms. The number of nitrogens with zero attached hydrogens (tertiary/aromatic N) is 3. The number of fused-ring (bicyclic) bond motifs is 7. The average Bonchev–Trinajstić information content (AvgIpc) is 3.57. The lowest BCUT2D eigenvalue weighted by atomic mass is 9.98. The first kappa shape index (κ1) is 22.3. The lowest BCUT2D eigenvalue weighted by Gasteiger charge is -2.11. The maximum atomic E-state index is 9.57. The third-order valence-electron chi connectivity index (χ3n) is 7.70. The van der Waals surface area contributed by atoms with Crippen molar-refractivity contribution in [3.8, 4) is 34.0 Å². The molecule has 0 atom stereocenters. The number of aromatic nitrogens is 2. The summed E-state index contributed by atoms with van der Waals surface area (Å²) in [6, 6.07) is 44.0. The van der Waals surface area contributed by atoms with Crippen molar-refractivity contribution in [3.05, 3.63) is 133 Å². The predicted molar refractivity (Wildman–Crippen MR) is 161 cm³/mol. The van der Waals surface area contributed by atoms with Crippen molar-refractivity contribution in [2.75, 3.05) is 0 Å². The lowest BCUT2D eigenvalue weighted by Crippen LogP contribution is -1.94. The van der Waals surface area contributed by atoms with Crippen molar-refractivity contribution < 1.29 is 4.42 Å². The van der Waals surface area contributed by atoms with Crippen LogP contribution in [0.4, 0.5) is 0 Å². The summed E-state index contributed by atoms with van der Waals surface area (Å²) in [7, 11) is 0. The normalized spacial score (nSPS) is 11.5. The molecule has 0 aliphatic heterocycles. The molecule has 8 rings (SSSR count). The van der Waals surface area contributed by atoms with Crippen molar-refractivity contribution in [3.63, 3.8) is 0 Å². The van der Waals surface area contributed by atoms with E-state index >= 15 is 0 Å². The van der Waals surface area contributed by atoms with E-state index in [1.54, 1.807) is 6.20 Å². The SMILES string of the molecule is N#Cc1ncccc1-c1cccc(-c2cccc(-n3c4ccccc4c4c5c(ccc43)oc3ccccc35)c2)c1. The highest BCUT2D eigenvalue weighted by molar-refractivity contribution is 6.27. The smallest absolute Gasteiger partial charge is 0.148 e. The Kier molecular flexibility index (Phi) is 4.85. The van der Waals surface area contributed by atoms with E-state index in [-0.39, 0.29) is 0 Å². The highest BCUT2D eigenvalue weighted by atomic mass is 16.3. The van der Waals surface area contributed by atoms with Gasteiger partial charge in [0.1, 0.15) is 22.9 Å². The lowest BCUT2D eigenvalue weighted by molar-refractivity contribution is 0.669. The van der Waals surface area contributed by atoms with E-state index in [1.807, 2.05) is 36.4 Å². The van der Waals surface area contributed by atoms with Gasteiger partial charge in [-0.25, -0.2) is 4.98 Å². The summed E-state index contributed by atoms with van der Waals surface area (Å²) < 4.78 is 8.57. The van der Waals surface area contributed by atoms with Gasteiger partial charge >= 0.3 is 0 Å². The Balaban J connectivity index is 1.35. The van der Waals surface area contributed by atoms with Crippen molar-refractivity contribution >= 4 is 43.7 Å². The van der Waals surface area contributed by atoms with Crippen LogP contribution in [0.5, 0.6) is 0 Å². The number of furan rings is 1. The maximum absolute atomic E-state index is 9.57. The highest BCUT2D eigenvalue weighted by Crippen LogP contribution is 2.41. The second-order valence-corrected chi connectivity index (χ2v) is 9.93. The molecule has 0 bridgehead atoms. The van der Waals surface area contributed by atoms with E-state index in [1.165, 1.54) is 10.8 Å². The summed E-state index contributed by atoms with van der Waals surface area (Å²) in [6.45, 7) is 0. The van der Waals surface area contributed by atoms with Gasteiger partial charge in [0, 0.05) is 39.0 Å².